The van der Waals surface area contributed by atoms with Crippen LogP contribution in [0.4, 0.5) is 0 Å². The van der Waals surface area contributed by atoms with Gasteiger partial charge in [-0.05, 0) is 55.9 Å². The number of aryl methyl sites for hydroxylation is 1. The van der Waals surface area contributed by atoms with Gasteiger partial charge >= 0.3 is 0 Å². The molecule has 0 aliphatic heterocycles. The fourth-order valence-corrected chi connectivity index (χ4v) is 3.34. The second-order valence-electron chi connectivity index (χ2n) is 7.39. The van der Waals surface area contributed by atoms with Crippen molar-refractivity contribution in [3.63, 3.8) is 0 Å². The van der Waals surface area contributed by atoms with Crippen molar-refractivity contribution in [2.75, 3.05) is 0 Å². The first kappa shape index (κ1) is 14.6. The van der Waals surface area contributed by atoms with Gasteiger partial charge in [0.25, 0.3) is 0 Å². The zero-order valence-corrected chi connectivity index (χ0v) is 12.9. The van der Waals surface area contributed by atoms with Crippen LogP contribution >= 0.6 is 0 Å². The molecule has 0 aromatic heterocycles. The molecule has 1 aromatic rings. The average molecular weight is 260 g/mol. The Hall–Kier alpha value is -0.820. The first-order valence-corrected chi connectivity index (χ1v) is 7.61. The Balaban J connectivity index is 2.15. The van der Waals surface area contributed by atoms with Crippen LogP contribution in [0.25, 0.3) is 0 Å². The molecule has 106 valence electrons. The van der Waals surface area contributed by atoms with E-state index in [4.69, 9.17) is 0 Å². The third kappa shape index (κ3) is 3.39. The largest absolute Gasteiger partial charge is 0.385 e. The minimum Gasteiger partial charge on any atom is -0.385 e. The lowest BCUT2D eigenvalue weighted by Gasteiger charge is -2.31. The molecule has 1 saturated carbocycles. The zero-order chi connectivity index (χ0) is 14.1. The third-order valence-corrected chi connectivity index (χ3v) is 4.86. The van der Waals surface area contributed by atoms with Crippen molar-refractivity contribution in [1.29, 1.82) is 0 Å². The van der Waals surface area contributed by atoms with E-state index in [0.717, 1.165) is 37.2 Å². The van der Waals surface area contributed by atoms with Gasteiger partial charge in [0, 0.05) is 0 Å². The van der Waals surface area contributed by atoms with Crippen LogP contribution < -0.4 is 0 Å². The predicted octanol–water partition coefficient (Wildman–Crippen LogP) is 4.81. The van der Waals surface area contributed by atoms with Gasteiger partial charge in [-0.15, -0.1) is 0 Å². The summed E-state index contributed by atoms with van der Waals surface area (Å²) in [4.78, 5) is 0. The summed E-state index contributed by atoms with van der Waals surface area (Å²) < 4.78 is 0. The van der Waals surface area contributed by atoms with Crippen LogP contribution in [0.2, 0.25) is 0 Å². The summed E-state index contributed by atoms with van der Waals surface area (Å²) >= 11 is 0. The topological polar surface area (TPSA) is 20.2 Å². The Bertz CT molecular complexity index is 412. The van der Waals surface area contributed by atoms with Crippen LogP contribution in [-0.4, -0.2) is 5.11 Å². The van der Waals surface area contributed by atoms with Crippen LogP contribution in [0.15, 0.2) is 24.3 Å². The van der Waals surface area contributed by atoms with Crippen molar-refractivity contribution in [3.05, 3.63) is 35.4 Å². The van der Waals surface area contributed by atoms with Crippen LogP contribution in [-0.2, 0) is 5.60 Å². The standard InChI is InChI=1S/C18H28O/c1-14-7-9-16(10-8-14)18(19)12-5-6-15(11-13-18)17(2,3)4/h7-10,15,19H,5-6,11-13H2,1-4H3. The highest BCUT2D eigenvalue weighted by Crippen LogP contribution is 2.43. The van der Waals surface area contributed by atoms with E-state index in [0.29, 0.717) is 5.41 Å². The Labute approximate surface area is 118 Å². The number of benzene rings is 1. The molecule has 0 bridgehead atoms. The zero-order valence-electron chi connectivity index (χ0n) is 12.9. The van der Waals surface area contributed by atoms with E-state index in [1.54, 1.807) is 0 Å². The number of hydrogen-bond acceptors (Lipinski definition) is 1. The highest BCUT2D eigenvalue weighted by molar-refractivity contribution is 5.26. The van der Waals surface area contributed by atoms with E-state index >= 15 is 0 Å². The first-order valence-electron chi connectivity index (χ1n) is 7.61. The predicted molar refractivity (Wildman–Crippen MR) is 81.1 cm³/mol. The lowest BCUT2D eigenvalue weighted by molar-refractivity contribution is 0.0180. The summed E-state index contributed by atoms with van der Waals surface area (Å²) in [6.07, 6.45) is 5.32. The maximum absolute atomic E-state index is 11.0. The molecule has 0 spiro atoms. The Kier molecular flexibility index (Phi) is 4.06. The molecule has 1 N–H and O–H groups in total. The summed E-state index contributed by atoms with van der Waals surface area (Å²) in [5, 5.41) is 11.0. The Morgan fingerprint density at radius 2 is 1.68 bits per heavy atom. The molecule has 1 aromatic carbocycles. The summed E-state index contributed by atoms with van der Waals surface area (Å²) in [7, 11) is 0. The van der Waals surface area contributed by atoms with Crippen LogP contribution in [0.3, 0.4) is 0 Å². The molecule has 2 atom stereocenters. The van der Waals surface area contributed by atoms with E-state index in [-0.39, 0.29) is 0 Å². The van der Waals surface area contributed by atoms with Crippen molar-refractivity contribution in [1.82, 2.24) is 0 Å². The summed E-state index contributed by atoms with van der Waals surface area (Å²) in [6.45, 7) is 9.08. The molecule has 1 heteroatoms. The van der Waals surface area contributed by atoms with Gasteiger partial charge in [0.05, 0.1) is 5.60 Å². The normalized spacial score (nSPS) is 29.0. The third-order valence-electron chi connectivity index (χ3n) is 4.86. The number of aliphatic hydroxyl groups is 1. The van der Waals surface area contributed by atoms with Crippen molar-refractivity contribution >= 4 is 0 Å². The lowest BCUT2D eigenvalue weighted by Crippen LogP contribution is -2.25. The van der Waals surface area contributed by atoms with Crippen LogP contribution in [0.1, 0.15) is 64.0 Å². The van der Waals surface area contributed by atoms with Gasteiger partial charge in [0.15, 0.2) is 0 Å². The molecule has 2 unspecified atom stereocenters. The smallest absolute Gasteiger partial charge is 0.0896 e. The van der Waals surface area contributed by atoms with Gasteiger partial charge < -0.3 is 5.11 Å². The molecule has 0 heterocycles. The SMILES string of the molecule is Cc1ccc(C2(O)CCCC(C(C)(C)C)CC2)cc1. The second-order valence-corrected chi connectivity index (χ2v) is 7.39. The molecule has 1 aliphatic rings. The quantitative estimate of drug-likeness (QED) is 0.718. The van der Waals surface area contributed by atoms with Gasteiger partial charge in [0.1, 0.15) is 0 Å². The Morgan fingerprint density at radius 3 is 2.26 bits per heavy atom. The molecule has 19 heavy (non-hydrogen) atoms. The molecule has 2 rings (SSSR count). The first-order chi connectivity index (χ1) is 8.81. The van der Waals surface area contributed by atoms with E-state index < -0.39 is 5.60 Å². The van der Waals surface area contributed by atoms with E-state index in [9.17, 15) is 5.11 Å². The fraction of sp³-hybridized carbons (Fsp3) is 0.667. The Morgan fingerprint density at radius 1 is 1.05 bits per heavy atom. The van der Waals surface area contributed by atoms with Crippen molar-refractivity contribution < 1.29 is 5.11 Å². The fourth-order valence-electron chi connectivity index (χ4n) is 3.34. The molecule has 0 radical (unpaired) electrons. The van der Waals surface area contributed by atoms with Crippen LogP contribution in [0.5, 0.6) is 0 Å². The monoisotopic (exact) mass is 260 g/mol. The van der Waals surface area contributed by atoms with Crippen molar-refractivity contribution in [3.8, 4) is 0 Å². The van der Waals surface area contributed by atoms with Gasteiger partial charge in [-0.3, -0.25) is 0 Å². The second kappa shape index (κ2) is 5.28. The average Bonchev–Trinajstić information content (AvgIpc) is 2.52. The molecular weight excluding hydrogens is 232 g/mol. The maximum atomic E-state index is 11.0. The van der Waals surface area contributed by atoms with Gasteiger partial charge in [-0.2, -0.15) is 0 Å². The molecule has 0 amide bonds. The minimum absolute atomic E-state index is 0.360. The highest BCUT2D eigenvalue weighted by atomic mass is 16.3. The summed E-state index contributed by atoms with van der Waals surface area (Å²) in [5.41, 5.74) is 2.12. The summed E-state index contributed by atoms with van der Waals surface area (Å²) in [5.74, 6) is 0.729. The lowest BCUT2D eigenvalue weighted by atomic mass is 9.76. The minimum atomic E-state index is -0.603. The molecular formula is C18H28O. The van der Waals surface area contributed by atoms with E-state index in [1.807, 2.05) is 0 Å². The van der Waals surface area contributed by atoms with Gasteiger partial charge in [-0.25, -0.2) is 0 Å². The van der Waals surface area contributed by atoms with Crippen molar-refractivity contribution in [2.45, 2.75) is 65.4 Å². The van der Waals surface area contributed by atoms with Gasteiger partial charge in [-0.1, -0.05) is 50.6 Å². The number of rotatable bonds is 1. The number of hydrogen-bond donors (Lipinski definition) is 1. The van der Waals surface area contributed by atoms with Gasteiger partial charge in [0.2, 0.25) is 0 Å². The maximum Gasteiger partial charge on any atom is 0.0896 e. The van der Waals surface area contributed by atoms with Crippen LogP contribution in [0, 0.1) is 18.3 Å². The van der Waals surface area contributed by atoms with E-state index in [2.05, 4.69) is 52.0 Å². The summed E-state index contributed by atoms with van der Waals surface area (Å²) in [6, 6.07) is 8.43. The van der Waals surface area contributed by atoms with Crippen molar-refractivity contribution in [2.24, 2.45) is 11.3 Å². The molecule has 1 fully saturated rings. The molecule has 1 nitrogen and oxygen atoms in total. The molecule has 0 saturated heterocycles. The highest BCUT2D eigenvalue weighted by Gasteiger charge is 2.35. The van der Waals surface area contributed by atoms with E-state index in [1.165, 1.54) is 12.0 Å². The molecule has 1 aliphatic carbocycles.